The van der Waals surface area contributed by atoms with Crippen LogP contribution in [0.25, 0.3) is 0 Å². The second-order valence-electron chi connectivity index (χ2n) is 2.82. The molecule has 0 rings (SSSR count). The van der Waals surface area contributed by atoms with Gasteiger partial charge < -0.3 is 4.74 Å². The first-order valence-corrected chi connectivity index (χ1v) is 4.17. The van der Waals surface area contributed by atoms with Gasteiger partial charge in [0.15, 0.2) is 5.78 Å². The van der Waals surface area contributed by atoms with Crippen molar-refractivity contribution >= 4 is 17.5 Å². The summed E-state index contributed by atoms with van der Waals surface area (Å²) >= 11 is 0. The highest BCUT2D eigenvalue weighted by molar-refractivity contribution is 6.06. The van der Waals surface area contributed by atoms with Gasteiger partial charge >= 0.3 is 5.97 Å². The highest BCUT2D eigenvalue weighted by Gasteiger charge is 2.23. The number of ether oxygens (including phenoxy) is 1. The third-order valence-electron chi connectivity index (χ3n) is 1.55. The fraction of sp³-hybridized carbons (Fsp3) is 0.667. The summed E-state index contributed by atoms with van der Waals surface area (Å²) in [6, 6.07) is 0. The monoisotopic (exact) mass is 186 g/mol. The van der Waals surface area contributed by atoms with Crippen LogP contribution in [0.15, 0.2) is 0 Å². The first-order chi connectivity index (χ1) is 5.99. The fourth-order valence-corrected chi connectivity index (χ4v) is 0.797. The molecule has 0 amide bonds. The van der Waals surface area contributed by atoms with E-state index < -0.39 is 11.9 Å². The molecule has 0 bridgehead atoms. The van der Waals surface area contributed by atoms with Crippen LogP contribution >= 0.6 is 0 Å². The van der Waals surface area contributed by atoms with Crippen LogP contribution in [-0.4, -0.2) is 24.1 Å². The number of Topliss-reactive ketones (excluding diaryl/α,β-unsaturated/α-hetero) is 2. The molecule has 13 heavy (non-hydrogen) atoms. The molecule has 4 nitrogen and oxygen atoms in total. The van der Waals surface area contributed by atoms with Crippen LogP contribution in [0.2, 0.25) is 0 Å². The minimum atomic E-state index is -0.830. The van der Waals surface area contributed by atoms with Gasteiger partial charge in [-0.15, -0.1) is 0 Å². The van der Waals surface area contributed by atoms with E-state index in [4.69, 9.17) is 0 Å². The number of carbonyl (C=O) groups excluding carboxylic acids is 3. The topological polar surface area (TPSA) is 60.4 Å². The Balaban J connectivity index is 4.09. The Hall–Kier alpha value is -1.19. The molecule has 0 N–H and O–H groups in total. The van der Waals surface area contributed by atoms with E-state index in [9.17, 15) is 14.4 Å². The van der Waals surface area contributed by atoms with Crippen LogP contribution in [0.1, 0.15) is 27.2 Å². The molecule has 74 valence electrons. The molecule has 0 radical (unpaired) electrons. The Morgan fingerprint density at radius 2 is 1.85 bits per heavy atom. The summed E-state index contributed by atoms with van der Waals surface area (Å²) in [6.07, 6.45) is -0.194. The van der Waals surface area contributed by atoms with Crippen LogP contribution in [-0.2, 0) is 19.1 Å². The van der Waals surface area contributed by atoms with E-state index >= 15 is 0 Å². The van der Waals surface area contributed by atoms with Crippen molar-refractivity contribution in [1.29, 1.82) is 0 Å². The zero-order valence-electron chi connectivity index (χ0n) is 8.12. The Morgan fingerprint density at radius 1 is 1.31 bits per heavy atom. The van der Waals surface area contributed by atoms with E-state index in [-0.39, 0.29) is 24.6 Å². The first kappa shape index (κ1) is 11.8. The Morgan fingerprint density at radius 3 is 2.23 bits per heavy atom. The second-order valence-corrected chi connectivity index (χ2v) is 2.82. The van der Waals surface area contributed by atoms with Gasteiger partial charge in [-0.1, -0.05) is 0 Å². The van der Waals surface area contributed by atoms with Crippen LogP contribution in [0.3, 0.4) is 0 Å². The maximum Gasteiger partial charge on any atom is 0.316 e. The molecular formula is C9H14O4. The summed E-state index contributed by atoms with van der Waals surface area (Å²) in [6.45, 7) is 4.68. The molecular weight excluding hydrogens is 172 g/mol. The quantitative estimate of drug-likeness (QED) is 0.469. The molecule has 0 aromatic heterocycles. The average Bonchev–Trinajstić information content (AvgIpc) is 2.02. The molecule has 0 saturated heterocycles. The molecule has 0 fully saturated rings. The first-order valence-electron chi connectivity index (χ1n) is 4.17. The SMILES string of the molecule is CCOC(=O)[C@@H](C)C(=O)CC(C)=O. The Bertz CT molecular complexity index is 220. The lowest BCUT2D eigenvalue weighted by molar-refractivity contribution is -0.150. The molecule has 0 spiro atoms. The van der Waals surface area contributed by atoms with Crippen molar-refractivity contribution in [1.82, 2.24) is 0 Å². The van der Waals surface area contributed by atoms with Crippen molar-refractivity contribution in [3.63, 3.8) is 0 Å². The van der Waals surface area contributed by atoms with Gasteiger partial charge in [0.1, 0.15) is 11.7 Å². The molecule has 0 aromatic carbocycles. The van der Waals surface area contributed by atoms with Crippen molar-refractivity contribution in [2.45, 2.75) is 27.2 Å². The van der Waals surface area contributed by atoms with Gasteiger partial charge in [-0.25, -0.2) is 0 Å². The standard InChI is InChI=1S/C9H14O4/c1-4-13-9(12)7(3)8(11)5-6(2)10/h7H,4-5H2,1-3H3/t7-/m0/s1. The maximum absolute atomic E-state index is 11.1. The number of hydrogen-bond acceptors (Lipinski definition) is 4. The summed E-state index contributed by atoms with van der Waals surface area (Å²) in [5.74, 6) is -2.01. The Labute approximate surface area is 77.3 Å². The van der Waals surface area contributed by atoms with Gasteiger partial charge in [-0.2, -0.15) is 0 Å². The number of hydrogen-bond donors (Lipinski definition) is 0. The summed E-state index contributed by atoms with van der Waals surface area (Å²) < 4.78 is 4.64. The third-order valence-corrected chi connectivity index (χ3v) is 1.55. The summed E-state index contributed by atoms with van der Waals surface area (Å²) in [5.41, 5.74) is 0. The summed E-state index contributed by atoms with van der Waals surface area (Å²) in [7, 11) is 0. The van der Waals surface area contributed by atoms with Gasteiger partial charge in [-0.3, -0.25) is 14.4 Å². The van der Waals surface area contributed by atoms with Gasteiger partial charge in [0, 0.05) is 0 Å². The van der Waals surface area contributed by atoms with Crippen LogP contribution in [0.5, 0.6) is 0 Å². The number of rotatable bonds is 5. The molecule has 0 saturated carbocycles. The number of ketones is 2. The average molecular weight is 186 g/mol. The number of carbonyl (C=O) groups is 3. The lowest BCUT2D eigenvalue weighted by Crippen LogP contribution is -2.24. The van der Waals surface area contributed by atoms with Gasteiger partial charge in [0.05, 0.1) is 13.0 Å². The highest BCUT2D eigenvalue weighted by Crippen LogP contribution is 2.03. The van der Waals surface area contributed by atoms with Crippen LogP contribution in [0.4, 0.5) is 0 Å². The summed E-state index contributed by atoms with van der Waals surface area (Å²) in [4.78, 5) is 32.7. The van der Waals surface area contributed by atoms with Crippen molar-refractivity contribution in [3.8, 4) is 0 Å². The molecule has 4 heteroatoms. The lowest BCUT2D eigenvalue weighted by atomic mass is 10.0. The summed E-state index contributed by atoms with van der Waals surface area (Å²) in [5, 5.41) is 0. The predicted octanol–water partition coefficient (Wildman–Crippen LogP) is 0.734. The number of esters is 1. The zero-order valence-corrected chi connectivity index (χ0v) is 8.12. The normalized spacial score (nSPS) is 11.9. The van der Waals surface area contributed by atoms with E-state index in [2.05, 4.69) is 4.74 Å². The van der Waals surface area contributed by atoms with Crippen LogP contribution < -0.4 is 0 Å². The van der Waals surface area contributed by atoms with Crippen molar-refractivity contribution in [3.05, 3.63) is 0 Å². The van der Waals surface area contributed by atoms with E-state index in [1.165, 1.54) is 13.8 Å². The minimum absolute atomic E-state index is 0.194. The zero-order chi connectivity index (χ0) is 10.4. The molecule has 0 unspecified atom stereocenters. The van der Waals surface area contributed by atoms with Crippen molar-refractivity contribution in [2.24, 2.45) is 5.92 Å². The Kier molecular flexibility index (Phi) is 4.96. The van der Waals surface area contributed by atoms with E-state index in [0.29, 0.717) is 0 Å². The van der Waals surface area contributed by atoms with E-state index in [1.54, 1.807) is 6.92 Å². The van der Waals surface area contributed by atoms with Gasteiger partial charge in [-0.05, 0) is 20.8 Å². The third kappa shape index (κ3) is 4.40. The molecule has 0 aliphatic rings. The molecule has 0 aliphatic heterocycles. The van der Waals surface area contributed by atoms with Crippen molar-refractivity contribution < 1.29 is 19.1 Å². The maximum atomic E-state index is 11.1. The fourth-order valence-electron chi connectivity index (χ4n) is 0.797. The van der Waals surface area contributed by atoms with Gasteiger partial charge in [0.2, 0.25) is 0 Å². The second kappa shape index (κ2) is 5.45. The highest BCUT2D eigenvalue weighted by atomic mass is 16.5. The van der Waals surface area contributed by atoms with Crippen LogP contribution in [0, 0.1) is 5.92 Å². The molecule has 0 heterocycles. The molecule has 0 aromatic rings. The van der Waals surface area contributed by atoms with E-state index in [0.717, 1.165) is 0 Å². The smallest absolute Gasteiger partial charge is 0.316 e. The predicted molar refractivity (Wildman–Crippen MR) is 46.1 cm³/mol. The van der Waals surface area contributed by atoms with E-state index in [1.807, 2.05) is 0 Å². The minimum Gasteiger partial charge on any atom is -0.465 e. The van der Waals surface area contributed by atoms with Crippen molar-refractivity contribution in [2.75, 3.05) is 6.61 Å². The lowest BCUT2D eigenvalue weighted by Gasteiger charge is -2.07. The molecule has 0 aliphatic carbocycles. The molecule has 1 atom stereocenters. The van der Waals surface area contributed by atoms with Gasteiger partial charge in [0.25, 0.3) is 0 Å². The largest absolute Gasteiger partial charge is 0.465 e.